The zero-order valence-electron chi connectivity index (χ0n) is 10.2. The van der Waals surface area contributed by atoms with Gasteiger partial charge in [0.1, 0.15) is 5.03 Å². The number of hydrogen-bond acceptors (Lipinski definition) is 3. The van der Waals surface area contributed by atoms with Crippen molar-refractivity contribution >= 4 is 11.8 Å². The summed E-state index contributed by atoms with van der Waals surface area (Å²) in [4.78, 5) is 5.70. The minimum Gasteiger partial charge on any atom is -0.326 e. The molecule has 1 aromatic carbocycles. The van der Waals surface area contributed by atoms with Crippen molar-refractivity contribution in [3.05, 3.63) is 53.2 Å². The number of aromatic nitrogens is 1. The fourth-order valence-electron chi connectivity index (χ4n) is 2.32. The number of rotatable bonds is 3. The second kappa shape index (κ2) is 5.12. The first-order chi connectivity index (χ1) is 8.85. The van der Waals surface area contributed by atoms with Gasteiger partial charge in [0.05, 0.1) is 0 Å². The fourth-order valence-corrected chi connectivity index (χ4v) is 3.14. The second-order valence-corrected chi connectivity index (χ2v) is 5.69. The maximum absolute atomic E-state index is 5.57. The minimum atomic E-state index is 0.552. The summed E-state index contributed by atoms with van der Waals surface area (Å²) in [6, 6.07) is 10.9. The van der Waals surface area contributed by atoms with Gasteiger partial charge in [0.25, 0.3) is 0 Å². The Labute approximate surface area is 112 Å². The van der Waals surface area contributed by atoms with Gasteiger partial charge in [0.15, 0.2) is 0 Å². The van der Waals surface area contributed by atoms with E-state index in [0.29, 0.717) is 6.54 Å². The molecule has 0 atom stereocenters. The largest absolute Gasteiger partial charge is 0.326 e. The van der Waals surface area contributed by atoms with Crippen molar-refractivity contribution < 1.29 is 0 Å². The smallest absolute Gasteiger partial charge is 0.101 e. The first kappa shape index (κ1) is 11.8. The average Bonchev–Trinajstić information content (AvgIpc) is 2.87. The Morgan fingerprint density at radius 3 is 2.78 bits per heavy atom. The zero-order valence-corrected chi connectivity index (χ0v) is 11.0. The third-order valence-corrected chi connectivity index (χ3v) is 4.27. The maximum Gasteiger partial charge on any atom is 0.101 e. The molecule has 2 N–H and O–H groups in total. The summed E-state index contributed by atoms with van der Waals surface area (Å²) in [5.74, 6) is 0. The van der Waals surface area contributed by atoms with Crippen molar-refractivity contribution in [2.75, 3.05) is 0 Å². The molecule has 0 saturated carbocycles. The topological polar surface area (TPSA) is 38.9 Å². The Balaban J connectivity index is 1.79. The summed E-state index contributed by atoms with van der Waals surface area (Å²) >= 11 is 1.72. The Bertz CT molecular complexity index is 549. The molecule has 0 amide bonds. The highest BCUT2D eigenvalue weighted by Gasteiger charge is 2.11. The molecule has 1 aromatic heterocycles. The molecular weight excluding hydrogens is 240 g/mol. The van der Waals surface area contributed by atoms with Gasteiger partial charge >= 0.3 is 0 Å². The fraction of sp³-hybridized carbons (Fsp3) is 0.267. The number of benzene rings is 1. The summed E-state index contributed by atoms with van der Waals surface area (Å²) < 4.78 is 0. The molecule has 1 aliphatic carbocycles. The summed E-state index contributed by atoms with van der Waals surface area (Å²) in [6.45, 7) is 0.552. The van der Waals surface area contributed by atoms with Gasteiger partial charge in [-0.25, -0.2) is 4.98 Å². The van der Waals surface area contributed by atoms with E-state index in [9.17, 15) is 0 Å². The molecule has 1 aliphatic rings. The molecule has 92 valence electrons. The molecule has 18 heavy (non-hydrogen) atoms. The van der Waals surface area contributed by atoms with Crippen molar-refractivity contribution in [2.45, 2.75) is 35.7 Å². The number of nitrogens with zero attached hydrogens (tertiary/aromatic N) is 1. The van der Waals surface area contributed by atoms with Crippen molar-refractivity contribution in [1.29, 1.82) is 0 Å². The summed E-state index contributed by atoms with van der Waals surface area (Å²) in [5, 5.41) is 1.03. The number of pyridine rings is 1. The maximum atomic E-state index is 5.57. The SMILES string of the molecule is NCc1ccc(Sc2ccc3c(c2)CCC3)nc1. The van der Waals surface area contributed by atoms with Gasteiger partial charge in [0.2, 0.25) is 0 Å². The lowest BCUT2D eigenvalue weighted by Gasteiger charge is -2.05. The van der Waals surface area contributed by atoms with E-state index < -0.39 is 0 Å². The van der Waals surface area contributed by atoms with Crippen molar-refractivity contribution in [2.24, 2.45) is 5.73 Å². The monoisotopic (exact) mass is 256 g/mol. The quantitative estimate of drug-likeness (QED) is 0.916. The van der Waals surface area contributed by atoms with E-state index in [0.717, 1.165) is 10.6 Å². The number of aryl methyl sites for hydroxylation is 2. The van der Waals surface area contributed by atoms with Gasteiger partial charge in [-0.3, -0.25) is 0 Å². The number of fused-ring (bicyclic) bond motifs is 1. The lowest BCUT2D eigenvalue weighted by atomic mass is 10.1. The van der Waals surface area contributed by atoms with E-state index in [2.05, 4.69) is 23.2 Å². The van der Waals surface area contributed by atoms with Crippen LogP contribution in [0.2, 0.25) is 0 Å². The predicted molar refractivity (Wildman–Crippen MR) is 74.7 cm³/mol. The van der Waals surface area contributed by atoms with Gasteiger partial charge in [-0.2, -0.15) is 0 Å². The first-order valence-corrected chi connectivity index (χ1v) is 7.11. The minimum absolute atomic E-state index is 0.552. The summed E-state index contributed by atoms with van der Waals surface area (Å²) in [5.41, 5.74) is 9.68. The number of hydrogen-bond donors (Lipinski definition) is 1. The summed E-state index contributed by atoms with van der Waals surface area (Å²) in [7, 11) is 0. The molecule has 3 heteroatoms. The molecule has 0 aliphatic heterocycles. The highest BCUT2D eigenvalue weighted by Crippen LogP contribution is 2.31. The Kier molecular flexibility index (Phi) is 3.35. The van der Waals surface area contributed by atoms with Crippen LogP contribution in [0.25, 0.3) is 0 Å². The van der Waals surface area contributed by atoms with Crippen LogP contribution in [0.4, 0.5) is 0 Å². The van der Waals surface area contributed by atoms with Crippen LogP contribution in [-0.4, -0.2) is 4.98 Å². The first-order valence-electron chi connectivity index (χ1n) is 6.30. The van der Waals surface area contributed by atoms with Crippen molar-refractivity contribution in [3.8, 4) is 0 Å². The van der Waals surface area contributed by atoms with Gasteiger partial charge in [-0.1, -0.05) is 23.9 Å². The van der Waals surface area contributed by atoms with E-state index in [1.165, 1.54) is 35.3 Å². The lowest BCUT2D eigenvalue weighted by Crippen LogP contribution is -1.96. The number of nitrogens with two attached hydrogens (primary N) is 1. The van der Waals surface area contributed by atoms with Gasteiger partial charge < -0.3 is 5.73 Å². The average molecular weight is 256 g/mol. The van der Waals surface area contributed by atoms with Gasteiger partial charge in [-0.15, -0.1) is 0 Å². The molecule has 3 rings (SSSR count). The molecule has 2 aromatic rings. The van der Waals surface area contributed by atoms with Gasteiger partial charge in [0, 0.05) is 17.6 Å². The molecular formula is C15H16N2S. The van der Waals surface area contributed by atoms with Crippen LogP contribution in [0.5, 0.6) is 0 Å². The van der Waals surface area contributed by atoms with E-state index in [4.69, 9.17) is 5.73 Å². The third-order valence-electron chi connectivity index (χ3n) is 3.33. The van der Waals surface area contributed by atoms with Gasteiger partial charge in [-0.05, 0) is 54.2 Å². The van der Waals surface area contributed by atoms with Crippen molar-refractivity contribution in [3.63, 3.8) is 0 Å². The molecule has 0 spiro atoms. The Hall–Kier alpha value is -1.32. The Morgan fingerprint density at radius 2 is 2.00 bits per heavy atom. The molecule has 2 nitrogen and oxygen atoms in total. The zero-order chi connectivity index (χ0) is 12.4. The van der Waals surface area contributed by atoms with E-state index in [1.807, 2.05) is 18.3 Å². The normalized spacial score (nSPS) is 13.6. The standard InChI is InChI=1S/C15H16N2S/c16-9-11-4-7-15(17-10-11)18-14-6-5-12-2-1-3-13(12)8-14/h4-8,10H,1-3,9,16H2. The van der Waals surface area contributed by atoms with Crippen LogP contribution in [-0.2, 0) is 19.4 Å². The molecule has 1 heterocycles. The van der Waals surface area contributed by atoms with E-state index in [1.54, 1.807) is 11.8 Å². The Morgan fingerprint density at radius 1 is 1.11 bits per heavy atom. The molecule has 0 saturated heterocycles. The van der Waals surface area contributed by atoms with E-state index >= 15 is 0 Å². The summed E-state index contributed by atoms with van der Waals surface area (Å²) in [6.07, 6.45) is 5.62. The molecule has 0 radical (unpaired) electrons. The highest BCUT2D eigenvalue weighted by atomic mass is 32.2. The van der Waals surface area contributed by atoms with Crippen molar-refractivity contribution in [1.82, 2.24) is 4.98 Å². The van der Waals surface area contributed by atoms with Crippen LogP contribution in [0.3, 0.4) is 0 Å². The molecule has 0 fully saturated rings. The predicted octanol–water partition coefficient (Wildman–Crippen LogP) is 3.18. The molecule has 0 bridgehead atoms. The van der Waals surface area contributed by atoms with Crippen LogP contribution in [0.1, 0.15) is 23.1 Å². The highest BCUT2D eigenvalue weighted by molar-refractivity contribution is 7.99. The van der Waals surface area contributed by atoms with E-state index in [-0.39, 0.29) is 0 Å². The van der Waals surface area contributed by atoms with Crippen LogP contribution in [0.15, 0.2) is 46.5 Å². The van der Waals surface area contributed by atoms with Crippen LogP contribution >= 0.6 is 11.8 Å². The lowest BCUT2D eigenvalue weighted by molar-refractivity contribution is 0.911. The van der Waals surface area contributed by atoms with Crippen LogP contribution < -0.4 is 5.73 Å². The molecule has 0 unspecified atom stereocenters. The third kappa shape index (κ3) is 2.42. The van der Waals surface area contributed by atoms with Crippen LogP contribution in [0, 0.1) is 0 Å². The second-order valence-electron chi connectivity index (χ2n) is 4.59.